The van der Waals surface area contributed by atoms with E-state index in [9.17, 15) is 0 Å². The van der Waals surface area contributed by atoms with Gasteiger partial charge in [0.15, 0.2) is 0 Å². The van der Waals surface area contributed by atoms with Gasteiger partial charge in [-0.1, -0.05) is 230 Å². The van der Waals surface area contributed by atoms with Gasteiger partial charge in [-0.2, -0.15) is 0 Å². The molecule has 0 N–H and O–H groups in total. The molecule has 0 heteroatoms. The van der Waals surface area contributed by atoms with Crippen LogP contribution < -0.4 is 0 Å². The molecule has 0 aliphatic heterocycles. The first-order valence-corrected chi connectivity index (χ1v) is 25.4. The number of benzene rings is 11. The molecule has 0 amide bonds. The van der Waals surface area contributed by atoms with Gasteiger partial charge in [0.25, 0.3) is 0 Å². The van der Waals surface area contributed by atoms with Crippen molar-refractivity contribution in [1.29, 1.82) is 0 Å². The Morgan fingerprint density at radius 1 is 0.197 bits per heavy atom. The van der Waals surface area contributed by atoms with Crippen LogP contribution in [0.4, 0.5) is 0 Å². The Labute approximate surface area is 418 Å². The Morgan fingerprint density at radius 3 is 0.972 bits per heavy atom. The summed E-state index contributed by atoms with van der Waals surface area (Å²) >= 11 is 0. The third-order valence-electron chi connectivity index (χ3n) is 17.1. The first kappa shape index (κ1) is 41.9. The van der Waals surface area contributed by atoms with Crippen molar-refractivity contribution in [1.82, 2.24) is 0 Å². The molecule has 0 saturated heterocycles. The van der Waals surface area contributed by atoms with Gasteiger partial charge in [0, 0.05) is 16.2 Å². The monoisotopic (exact) mass is 906 g/mol. The molecule has 0 spiro atoms. The van der Waals surface area contributed by atoms with Gasteiger partial charge in [-0.25, -0.2) is 0 Å². The fourth-order valence-corrected chi connectivity index (χ4v) is 13.3. The van der Waals surface area contributed by atoms with Crippen molar-refractivity contribution in [2.75, 3.05) is 0 Å². The van der Waals surface area contributed by atoms with Gasteiger partial charge in [-0.15, -0.1) is 0 Å². The average molecular weight is 907 g/mol. The van der Waals surface area contributed by atoms with E-state index in [0.717, 1.165) is 0 Å². The van der Waals surface area contributed by atoms with Crippen LogP contribution in [-0.4, -0.2) is 0 Å². The lowest BCUT2D eigenvalue weighted by molar-refractivity contribution is 0.660. The van der Waals surface area contributed by atoms with Crippen LogP contribution in [0, 0.1) is 0 Å². The minimum Gasteiger partial charge on any atom is -0.0622 e. The van der Waals surface area contributed by atoms with Gasteiger partial charge in [0.2, 0.25) is 0 Å². The summed E-state index contributed by atoms with van der Waals surface area (Å²) in [5, 5.41) is 5.10. The number of hydrogen-bond donors (Lipinski definition) is 0. The van der Waals surface area contributed by atoms with Crippen molar-refractivity contribution in [2.45, 2.75) is 57.8 Å². The highest BCUT2D eigenvalue weighted by atomic mass is 14.4. The standard InChI is InChI=1S/C71H54/c1-69(2)61-22-14-12-18-51(61)53-35-31-49(41-65(53)69)67-57-20-10-11-21-58(57)68(50-32-36-54-52-19-13-15-23-62(52)70(3,4)66(54)42-50)60-38-46(30-37-59(60)67)44-24-26-45(27-25-44)48-29-34-56-55-33-28-47(43-16-8-7-9-17-43)39-63(55)71(5,6)64(56)40-48/h7-42H,1-6H3. The lowest BCUT2D eigenvalue weighted by Gasteiger charge is -2.24. The van der Waals surface area contributed by atoms with Gasteiger partial charge >= 0.3 is 0 Å². The molecule has 0 unspecified atom stereocenters. The normalized spacial score (nSPS) is 15.0. The largest absolute Gasteiger partial charge is 0.0622 e. The van der Waals surface area contributed by atoms with Gasteiger partial charge in [-0.3, -0.25) is 0 Å². The Kier molecular flexibility index (Phi) is 8.83. The molecule has 338 valence electrons. The van der Waals surface area contributed by atoms with E-state index >= 15 is 0 Å². The van der Waals surface area contributed by atoms with Gasteiger partial charge < -0.3 is 0 Å². The summed E-state index contributed by atoms with van der Waals surface area (Å²) in [5.74, 6) is 0. The third-order valence-corrected chi connectivity index (χ3v) is 17.1. The van der Waals surface area contributed by atoms with Crippen molar-refractivity contribution in [3.63, 3.8) is 0 Å². The molecule has 11 aromatic carbocycles. The molecular weight excluding hydrogens is 853 g/mol. The Hall–Kier alpha value is -8.06. The highest BCUT2D eigenvalue weighted by Gasteiger charge is 2.38. The van der Waals surface area contributed by atoms with Crippen LogP contribution in [-0.2, 0) is 16.2 Å². The second kappa shape index (κ2) is 15.0. The second-order valence-corrected chi connectivity index (χ2v) is 22.0. The molecule has 14 rings (SSSR count). The molecule has 11 aromatic rings. The summed E-state index contributed by atoms with van der Waals surface area (Å²) in [6.07, 6.45) is 0. The molecule has 71 heavy (non-hydrogen) atoms. The quantitative estimate of drug-likeness (QED) is 0.151. The van der Waals surface area contributed by atoms with Crippen LogP contribution in [0.15, 0.2) is 218 Å². The highest BCUT2D eigenvalue weighted by molar-refractivity contribution is 6.22. The van der Waals surface area contributed by atoms with Crippen LogP contribution in [0.25, 0.3) is 111 Å². The molecule has 0 nitrogen and oxygen atoms in total. The predicted molar refractivity (Wildman–Crippen MR) is 301 cm³/mol. The lowest BCUT2D eigenvalue weighted by atomic mass is 9.79. The van der Waals surface area contributed by atoms with Crippen LogP contribution >= 0.6 is 0 Å². The first-order valence-electron chi connectivity index (χ1n) is 25.4. The average Bonchev–Trinajstić information content (AvgIpc) is 3.89. The SMILES string of the molecule is CC1(C)c2cc(-c3ccccc3)ccc2-c2ccc(-c3ccc(-c4ccc5c(-c6ccc7c(c6)C(C)(C)c6ccccc6-7)c6ccccc6c(-c6ccc7c(c6)C(C)(C)c6ccccc6-7)c5c4)cc3)cc21. The lowest BCUT2D eigenvalue weighted by Crippen LogP contribution is -2.15. The molecule has 0 atom stereocenters. The zero-order valence-corrected chi connectivity index (χ0v) is 41.3. The topological polar surface area (TPSA) is 0 Å². The van der Waals surface area contributed by atoms with E-state index in [1.807, 2.05) is 0 Å². The molecule has 0 fully saturated rings. The maximum Gasteiger partial charge on any atom is 0.0159 e. The van der Waals surface area contributed by atoms with Crippen molar-refractivity contribution in [3.05, 3.63) is 252 Å². The number of fused-ring (bicyclic) bond motifs is 11. The molecule has 0 aromatic heterocycles. The zero-order chi connectivity index (χ0) is 48.0. The van der Waals surface area contributed by atoms with Crippen LogP contribution in [0.2, 0.25) is 0 Å². The maximum absolute atomic E-state index is 2.51. The smallest absolute Gasteiger partial charge is 0.0159 e. The van der Waals surface area contributed by atoms with E-state index in [1.54, 1.807) is 0 Å². The maximum atomic E-state index is 2.51. The molecule has 0 bridgehead atoms. The summed E-state index contributed by atoms with van der Waals surface area (Å²) in [5.41, 5.74) is 28.6. The van der Waals surface area contributed by atoms with Crippen LogP contribution in [0.1, 0.15) is 74.9 Å². The fourth-order valence-electron chi connectivity index (χ4n) is 13.3. The first-order chi connectivity index (χ1) is 34.5. The molecule has 0 radical (unpaired) electrons. The third kappa shape index (κ3) is 6.04. The van der Waals surface area contributed by atoms with Crippen LogP contribution in [0.3, 0.4) is 0 Å². The van der Waals surface area contributed by atoms with E-state index in [2.05, 4.69) is 260 Å². The molecular formula is C71H54. The highest BCUT2D eigenvalue weighted by Crippen LogP contribution is 2.55. The minimum absolute atomic E-state index is 0.102. The fraction of sp³-hybridized carbons (Fsp3) is 0.127. The Bertz CT molecular complexity index is 4040. The molecule has 3 aliphatic rings. The predicted octanol–water partition coefficient (Wildman–Crippen LogP) is 19.2. The van der Waals surface area contributed by atoms with E-state index < -0.39 is 0 Å². The van der Waals surface area contributed by atoms with Gasteiger partial charge in [0.1, 0.15) is 0 Å². The van der Waals surface area contributed by atoms with E-state index in [1.165, 1.54) is 144 Å². The van der Waals surface area contributed by atoms with E-state index in [-0.39, 0.29) is 16.2 Å². The van der Waals surface area contributed by atoms with Crippen molar-refractivity contribution in [2.24, 2.45) is 0 Å². The molecule has 3 aliphatic carbocycles. The molecule has 0 saturated carbocycles. The Morgan fingerprint density at radius 2 is 0.493 bits per heavy atom. The summed E-state index contributed by atoms with van der Waals surface area (Å²) < 4.78 is 0. The van der Waals surface area contributed by atoms with Crippen LogP contribution in [0.5, 0.6) is 0 Å². The van der Waals surface area contributed by atoms with Gasteiger partial charge in [-0.05, 0) is 174 Å². The van der Waals surface area contributed by atoms with E-state index in [0.29, 0.717) is 0 Å². The van der Waals surface area contributed by atoms with Gasteiger partial charge in [0.05, 0.1) is 0 Å². The number of rotatable bonds is 5. The zero-order valence-electron chi connectivity index (χ0n) is 41.3. The Balaban J connectivity index is 0.910. The van der Waals surface area contributed by atoms with Crippen molar-refractivity contribution in [3.8, 4) is 89.0 Å². The second-order valence-electron chi connectivity index (χ2n) is 22.0. The minimum atomic E-state index is -0.114. The van der Waals surface area contributed by atoms with Crippen molar-refractivity contribution >= 4 is 21.5 Å². The number of hydrogen-bond acceptors (Lipinski definition) is 0. The summed E-state index contributed by atoms with van der Waals surface area (Å²) in [4.78, 5) is 0. The van der Waals surface area contributed by atoms with E-state index in [4.69, 9.17) is 0 Å². The molecule has 0 heterocycles. The summed E-state index contributed by atoms with van der Waals surface area (Å²) in [6, 6.07) is 83.0. The van der Waals surface area contributed by atoms with Crippen molar-refractivity contribution < 1.29 is 0 Å². The summed E-state index contributed by atoms with van der Waals surface area (Å²) in [6.45, 7) is 14.3. The summed E-state index contributed by atoms with van der Waals surface area (Å²) in [7, 11) is 0.